The lowest BCUT2D eigenvalue weighted by molar-refractivity contribution is -0.143. The molecule has 4 rings (SSSR count). The van der Waals surface area contributed by atoms with Gasteiger partial charge in [-0.2, -0.15) is 34.8 Å². The third kappa shape index (κ3) is 3.91. The summed E-state index contributed by atoms with van der Waals surface area (Å²) in [5.74, 6) is -1.01. The van der Waals surface area contributed by atoms with Crippen molar-refractivity contribution < 1.29 is 38.9 Å². The van der Waals surface area contributed by atoms with Crippen LogP contribution in [0.1, 0.15) is 47.9 Å². The molecule has 174 valence electrons. The van der Waals surface area contributed by atoms with E-state index < -0.39 is 51.0 Å². The van der Waals surface area contributed by atoms with E-state index in [9.17, 15) is 34.8 Å². The standard InChI is InChI=1S/C22H20F6O3S/c1-13-2-8-19(9-3-13)32(29,30)31-20(14-4-5-15(20)7-6-14)16-10-17(21(23,24)25)12-18(11-16)22(26,27)28/h2-3,8-12,14-15H,4-7H2,1H3. The Bertz CT molecular complexity index is 1070. The lowest BCUT2D eigenvalue weighted by Crippen LogP contribution is -2.38. The van der Waals surface area contributed by atoms with Crippen LogP contribution in [0.3, 0.4) is 0 Å². The van der Waals surface area contributed by atoms with Gasteiger partial charge in [-0.05, 0) is 80.3 Å². The monoisotopic (exact) mass is 478 g/mol. The van der Waals surface area contributed by atoms with E-state index in [4.69, 9.17) is 4.18 Å². The van der Waals surface area contributed by atoms with E-state index in [1.807, 2.05) is 0 Å². The number of benzene rings is 2. The predicted octanol–water partition coefficient (Wildman–Crippen LogP) is 6.45. The van der Waals surface area contributed by atoms with Crippen molar-refractivity contribution in [3.8, 4) is 0 Å². The summed E-state index contributed by atoms with van der Waals surface area (Å²) in [6.45, 7) is 1.75. The normalized spacial score (nSPS) is 26.0. The molecule has 0 atom stereocenters. The third-order valence-corrected chi connectivity index (χ3v) is 7.88. The van der Waals surface area contributed by atoms with Gasteiger partial charge in [-0.15, -0.1) is 0 Å². The number of hydrogen-bond acceptors (Lipinski definition) is 3. The molecule has 10 heteroatoms. The summed E-state index contributed by atoms with van der Waals surface area (Å²) in [4.78, 5) is -0.197. The number of aryl methyl sites for hydroxylation is 1. The van der Waals surface area contributed by atoms with Gasteiger partial charge < -0.3 is 0 Å². The molecule has 2 aromatic carbocycles. The van der Waals surface area contributed by atoms with Gasteiger partial charge in [0.05, 0.1) is 16.0 Å². The number of halogens is 6. The van der Waals surface area contributed by atoms with Gasteiger partial charge in [0.2, 0.25) is 0 Å². The molecule has 2 fully saturated rings. The van der Waals surface area contributed by atoms with Gasteiger partial charge in [0.25, 0.3) is 10.1 Å². The molecule has 3 nitrogen and oxygen atoms in total. The highest BCUT2D eigenvalue weighted by atomic mass is 32.2. The molecule has 0 unspecified atom stereocenters. The van der Waals surface area contributed by atoms with Crippen molar-refractivity contribution in [3.05, 3.63) is 64.7 Å². The molecule has 0 spiro atoms. The van der Waals surface area contributed by atoms with E-state index in [0.717, 1.165) is 5.56 Å². The summed E-state index contributed by atoms with van der Waals surface area (Å²) in [6, 6.07) is 6.96. The zero-order chi connectivity index (χ0) is 23.5. The third-order valence-electron chi connectivity index (χ3n) is 6.54. The van der Waals surface area contributed by atoms with Crippen molar-refractivity contribution in [2.75, 3.05) is 0 Å². The van der Waals surface area contributed by atoms with Crippen LogP contribution in [0, 0.1) is 18.8 Å². The summed E-state index contributed by atoms with van der Waals surface area (Å²) in [5.41, 5.74) is -4.34. The van der Waals surface area contributed by atoms with Crippen molar-refractivity contribution in [2.45, 2.75) is 55.5 Å². The van der Waals surface area contributed by atoms with Crippen molar-refractivity contribution in [1.82, 2.24) is 0 Å². The summed E-state index contributed by atoms with van der Waals surface area (Å²) in [6.07, 6.45) is -8.22. The van der Waals surface area contributed by atoms with Crippen LogP contribution in [0.5, 0.6) is 0 Å². The topological polar surface area (TPSA) is 43.4 Å². The van der Waals surface area contributed by atoms with E-state index in [1.165, 1.54) is 24.3 Å². The number of hydrogen-bond donors (Lipinski definition) is 0. The summed E-state index contributed by atoms with van der Waals surface area (Å²) in [7, 11) is -4.45. The van der Waals surface area contributed by atoms with E-state index in [-0.39, 0.29) is 16.5 Å². The molecular formula is C22H20F6O3S. The molecule has 2 saturated carbocycles. The first kappa shape index (κ1) is 23.1. The van der Waals surface area contributed by atoms with Crippen LogP contribution in [0.15, 0.2) is 47.4 Å². The van der Waals surface area contributed by atoms with Crippen LogP contribution < -0.4 is 0 Å². The van der Waals surface area contributed by atoms with E-state index >= 15 is 0 Å². The summed E-state index contributed by atoms with van der Waals surface area (Å²) < 4.78 is 113. The summed E-state index contributed by atoms with van der Waals surface area (Å²) >= 11 is 0. The maximum atomic E-state index is 13.5. The highest BCUT2D eigenvalue weighted by Crippen LogP contribution is 2.61. The molecule has 0 amide bonds. The molecule has 0 N–H and O–H groups in total. The minimum absolute atomic E-state index is 0.0442. The molecule has 2 aliphatic carbocycles. The fraction of sp³-hybridized carbons (Fsp3) is 0.455. The van der Waals surface area contributed by atoms with Crippen LogP contribution in [0.2, 0.25) is 0 Å². The first-order chi connectivity index (χ1) is 14.7. The van der Waals surface area contributed by atoms with E-state index in [0.29, 0.717) is 37.8 Å². The number of alkyl halides is 6. The lowest BCUT2D eigenvalue weighted by atomic mass is 9.82. The van der Waals surface area contributed by atoms with Crippen molar-refractivity contribution >= 4 is 10.1 Å². The van der Waals surface area contributed by atoms with Crippen LogP contribution >= 0.6 is 0 Å². The van der Waals surface area contributed by atoms with Gasteiger partial charge in [-0.25, -0.2) is 0 Å². The minimum atomic E-state index is -5.04. The van der Waals surface area contributed by atoms with Gasteiger partial charge in [0.1, 0.15) is 5.60 Å². The van der Waals surface area contributed by atoms with Gasteiger partial charge in [-0.1, -0.05) is 17.7 Å². The van der Waals surface area contributed by atoms with Crippen LogP contribution in [0.4, 0.5) is 26.3 Å². The van der Waals surface area contributed by atoms with Gasteiger partial charge in [0, 0.05) is 0 Å². The largest absolute Gasteiger partial charge is 0.416 e. The van der Waals surface area contributed by atoms with E-state index in [1.54, 1.807) is 6.92 Å². The Morgan fingerprint density at radius 3 is 1.66 bits per heavy atom. The van der Waals surface area contributed by atoms with Crippen molar-refractivity contribution in [3.63, 3.8) is 0 Å². The Labute approximate surface area is 181 Å². The second-order valence-electron chi connectivity index (χ2n) is 8.49. The summed E-state index contributed by atoms with van der Waals surface area (Å²) in [5, 5.41) is 0. The fourth-order valence-corrected chi connectivity index (χ4v) is 6.35. The molecule has 0 radical (unpaired) electrons. The highest BCUT2D eigenvalue weighted by Gasteiger charge is 2.59. The van der Waals surface area contributed by atoms with Gasteiger partial charge in [-0.3, -0.25) is 4.18 Å². The Morgan fingerprint density at radius 2 is 1.25 bits per heavy atom. The minimum Gasteiger partial charge on any atom is -0.254 e. The smallest absolute Gasteiger partial charge is 0.254 e. The molecular weight excluding hydrogens is 458 g/mol. The molecule has 0 aliphatic heterocycles. The Balaban J connectivity index is 1.90. The highest BCUT2D eigenvalue weighted by molar-refractivity contribution is 7.86. The Morgan fingerprint density at radius 1 is 0.812 bits per heavy atom. The maximum absolute atomic E-state index is 13.5. The second-order valence-corrected chi connectivity index (χ2v) is 10.0. The predicted molar refractivity (Wildman–Crippen MR) is 103 cm³/mol. The van der Waals surface area contributed by atoms with E-state index in [2.05, 4.69) is 0 Å². The number of rotatable bonds is 4. The molecule has 0 heterocycles. The average molecular weight is 478 g/mol. The molecule has 2 aromatic rings. The zero-order valence-corrected chi connectivity index (χ0v) is 17.7. The average Bonchev–Trinajstić information content (AvgIpc) is 3.21. The SMILES string of the molecule is Cc1ccc(S(=O)(=O)OC2(c3cc(C(F)(F)F)cc(C(F)(F)F)c3)C3CCC2CC3)cc1. The number of fused-ring (bicyclic) bond motifs is 2. The van der Waals surface area contributed by atoms with Crippen molar-refractivity contribution in [1.29, 1.82) is 0 Å². The maximum Gasteiger partial charge on any atom is 0.416 e. The molecule has 32 heavy (non-hydrogen) atoms. The first-order valence-corrected chi connectivity index (χ1v) is 11.5. The molecule has 2 aliphatic rings. The molecule has 0 saturated heterocycles. The second kappa shape index (κ2) is 7.48. The van der Waals surface area contributed by atoms with Crippen LogP contribution in [0.25, 0.3) is 0 Å². The Hall–Kier alpha value is -2.07. The first-order valence-electron chi connectivity index (χ1n) is 10.1. The molecule has 0 aromatic heterocycles. The van der Waals surface area contributed by atoms with Gasteiger partial charge in [0.15, 0.2) is 0 Å². The fourth-order valence-electron chi connectivity index (χ4n) is 5.06. The van der Waals surface area contributed by atoms with Gasteiger partial charge >= 0.3 is 12.4 Å². The Kier molecular flexibility index (Phi) is 5.40. The lowest BCUT2D eigenvalue weighted by Gasteiger charge is -2.35. The quantitative estimate of drug-likeness (QED) is 0.375. The zero-order valence-electron chi connectivity index (χ0n) is 16.9. The van der Waals surface area contributed by atoms with Crippen molar-refractivity contribution in [2.24, 2.45) is 11.8 Å². The van der Waals surface area contributed by atoms with Crippen LogP contribution in [-0.2, 0) is 32.3 Å². The molecule has 2 bridgehead atoms. The van der Waals surface area contributed by atoms with Crippen LogP contribution in [-0.4, -0.2) is 8.42 Å².